The highest BCUT2D eigenvalue weighted by molar-refractivity contribution is 5.94. The van der Waals surface area contributed by atoms with E-state index in [-0.39, 0.29) is 11.7 Å². The quantitative estimate of drug-likeness (QED) is 0.792. The Kier molecular flexibility index (Phi) is 6.84. The molecule has 0 spiro atoms. The fraction of sp³-hybridized carbons (Fsp3) is 0.381. The fourth-order valence-electron chi connectivity index (χ4n) is 3.30. The first-order valence-electron chi connectivity index (χ1n) is 9.28. The smallest absolute Gasteiger partial charge is 0.238 e. The number of carbonyl (C=O) groups is 1. The number of halogens is 1. The summed E-state index contributed by atoms with van der Waals surface area (Å²) in [6, 6.07) is 12.0. The molecule has 3 rings (SSSR count). The lowest BCUT2D eigenvalue weighted by Crippen LogP contribution is -2.48. The van der Waals surface area contributed by atoms with Gasteiger partial charge in [-0.15, -0.1) is 0 Å². The Labute approximate surface area is 164 Å². The maximum Gasteiger partial charge on any atom is 0.238 e. The van der Waals surface area contributed by atoms with Crippen LogP contribution >= 0.6 is 0 Å². The van der Waals surface area contributed by atoms with Crippen molar-refractivity contribution in [2.45, 2.75) is 6.54 Å². The van der Waals surface area contributed by atoms with Crippen LogP contribution in [0.5, 0.6) is 11.5 Å². The molecule has 1 aliphatic rings. The second kappa shape index (κ2) is 9.52. The summed E-state index contributed by atoms with van der Waals surface area (Å²) < 4.78 is 23.8. The summed E-state index contributed by atoms with van der Waals surface area (Å²) in [5.74, 6) is 0.946. The summed E-state index contributed by atoms with van der Waals surface area (Å²) in [6.45, 7) is 4.29. The van der Waals surface area contributed by atoms with E-state index in [1.807, 2.05) is 6.07 Å². The Balaban J connectivity index is 1.49. The molecule has 2 aromatic rings. The molecule has 2 aromatic carbocycles. The topological polar surface area (TPSA) is 54.0 Å². The van der Waals surface area contributed by atoms with Gasteiger partial charge in [-0.05, 0) is 29.8 Å². The summed E-state index contributed by atoms with van der Waals surface area (Å²) in [5, 5.41) is 2.90. The van der Waals surface area contributed by atoms with Crippen LogP contribution < -0.4 is 14.8 Å². The van der Waals surface area contributed by atoms with Crippen molar-refractivity contribution in [3.05, 3.63) is 53.8 Å². The largest absolute Gasteiger partial charge is 0.497 e. The van der Waals surface area contributed by atoms with Crippen LogP contribution in [0.15, 0.2) is 42.5 Å². The zero-order valence-corrected chi connectivity index (χ0v) is 16.3. The monoisotopic (exact) mass is 387 g/mol. The number of rotatable bonds is 7. The molecule has 0 saturated carbocycles. The van der Waals surface area contributed by atoms with Gasteiger partial charge in [0.2, 0.25) is 5.91 Å². The van der Waals surface area contributed by atoms with Gasteiger partial charge in [0.05, 0.1) is 26.5 Å². The molecule has 1 amide bonds. The van der Waals surface area contributed by atoms with Crippen LogP contribution in [0.25, 0.3) is 0 Å². The van der Waals surface area contributed by atoms with E-state index >= 15 is 0 Å². The van der Waals surface area contributed by atoms with Crippen molar-refractivity contribution in [1.29, 1.82) is 0 Å². The average molecular weight is 387 g/mol. The maximum atomic E-state index is 13.3. The van der Waals surface area contributed by atoms with Gasteiger partial charge in [0.15, 0.2) is 0 Å². The molecule has 28 heavy (non-hydrogen) atoms. The molecule has 1 N–H and O–H groups in total. The molecule has 1 aliphatic heterocycles. The van der Waals surface area contributed by atoms with E-state index in [9.17, 15) is 9.18 Å². The van der Waals surface area contributed by atoms with Gasteiger partial charge in [-0.2, -0.15) is 0 Å². The van der Waals surface area contributed by atoms with Gasteiger partial charge in [0, 0.05) is 38.8 Å². The highest BCUT2D eigenvalue weighted by Crippen LogP contribution is 2.28. The number of ether oxygens (including phenoxy) is 2. The van der Waals surface area contributed by atoms with Gasteiger partial charge in [-0.1, -0.05) is 12.1 Å². The van der Waals surface area contributed by atoms with E-state index in [1.54, 1.807) is 44.6 Å². The summed E-state index contributed by atoms with van der Waals surface area (Å²) >= 11 is 0. The molecule has 0 aliphatic carbocycles. The lowest BCUT2D eigenvalue weighted by Gasteiger charge is -2.34. The van der Waals surface area contributed by atoms with Gasteiger partial charge in [0.25, 0.3) is 0 Å². The number of hydrogen-bond donors (Lipinski definition) is 1. The molecule has 0 radical (unpaired) electrons. The number of anilines is 1. The third kappa shape index (κ3) is 5.43. The third-order valence-electron chi connectivity index (χ3n) is 4.81. The van der Waals surface area contributed by atoms with Crippen molar-refractivity contribution in [3.63, 3.8) is 0 Å². The Morgan fingerprint density at radius 3 is 2.46 bits per heavy atom. The molecular weight excluding hydrogens is 361 g/mol. The molecule has 1 fully saturated rings. The Bertz CT molecular complexity index is 807. The van der Waals surface area contributed by atoms with Crippen molar-refractivity contribution in [2.24, 2.45) is 0 Å². The zero-order valence-electron chi connectivity index (χ0n) is 16.3. The average Bonchev–Trinajstić information content (AvgIpc) is 2.69. The van der Waals surface area contributed by atoms with Crippen LogP contribution in [0.4, 0.5) is 10.1 Å². The van der Waals surface area contributed by atoms with Crippen LogP contribution in [-0.4, -0.2) is 62.7 Å². The summed E-state index contributed by atoms with van der Waals surface area (Å²) in [6.07, 6.45) is 0. The predicted octanol–water partition coefficient (Wildman–Crippen LogP) is 2.60. The number of methoxy groups -OCH3 is 2. The standard InChI is InChI=1S/C21H26FN3O3/c1-27-18-6-7-20(28-2)19(13-18)23-21(26)15-25-10-8-24(9-11-25)14-16-4-3-5-17(22)12-16/h3-7,12-13H,8-11,14-15H2,1-2H3,(H,23,26). The molecular formula is C21H26FN3O3. The molecule has 6 nitrogen and oxygen atoms in total. The van der Waals surface area contributed by atoms with Crippen LogP contribution in [0.3, 0.4) is 0 Å². The van der Waals surface area contributed by atoms with Crippen molar-refractivity contribution in [2.75, 3.05) is 52.3 Å². The number of benzene rings is 2. The van der Waals surface area contributed by atoms with Crippen LogP contribution in [0, 0.1) is 5.82 Å². The minimum Gasteiger partial charge on any atom is -0.497 e. The summed E-state index contributed by atoms with van der Waals surface area (Å²) in [7, 11) is 3.14. The van der Waals surface area contributed by atoms with E-state index in [1.165, 1.54) is 6.07 Å². The highest BCUT2D eigenvalue weighted by Gasteiger charge is 2.20. The van der Waals surface area contributed by atoms with E-state index in [0.29, 0.717) is 23.7 Å². The number of carbonyl (C=O) groups excluding carboxylic acids is 1. The summed E-state index contributed by atoms with van der Waals surface area (Å²) in [4.78, 5) is 16.8. The molecule has 7 heteroatoms. The highest BCUT2D eigenvalue weighted by atomic mass is 19.1. The number of hydrogen-bond acceptors (Lipinski definition) is 5. The second-order valence-electron chi connectivity index (χ2n) is 6.80. The molecule has 0 bridgehead atoms. The Morgan fingerprint density at radius 1 is 1.04 bits per heavy atom. The first-order chi connectivity index (χ1) is 13.6. The lowest BCUT2D eigenvalue weighted by atomic mass is 10.2. The van der Waals surface area contributed by atoms with Crippen molar-refractivity contribution < 1.29 is 18.7 Å². The van der Waals surface area contributed by atoms with E-state index < -0.39 is 0 Å². The minimum atomic E-state index is -0.208. The van der Waals surface area contributed by atoms with Crippen molar-refractivity contribution in [3.8, 4) is 11.5 Å². The number of amides is 1. The van der Waals surface area contributed by atoms with Gasteiger partial charge >= 0.3 is 0 Å². The predicted molar refractivity (Wildman–Crippen MR) is 106 cm³/mol. The van der Waals surface area contributed by atoms with E-state index in [2.05, 4.69) is 15.1 Å². The van der Waals surface area contributed by atoms with E-state index in [0.717, 1.165) is 38.3 Å². The molecule has 0 atom stereocenters. The Hall–Kier alpha value is -2.64. The lowest BCUT2D eigenvalue weighted by molar-refractivity contribution is -0.117. The van der Waals surface area contributed by atoms with Crippen LogP contribution in [-0.2, 0) is 11.3 Å². The number of piperazine rings is 1. The van der Waals surface area contributed by atoms with Gasteiger partial charge < -0.3 is 14.8 Å². The molecule has 1 saturated heterocycles. The minimum absolute atomic E-state index is 0.0925. The zero-order chi connectivity index (χ0) is 19.9. The fourth-order valence-corrected chi connectivity index (χ4v) is 3.30. The molecule has 150 valence electrons. The van der Waals surface area contributed by atoms with Gasteiger partial charge in [-0.25, -0.2) is 4.39 Å². The normalized spacial score (nSPS) is 15.2. The number of nitrogens with zero attached hydrogens (tertiary/aromatic N) is 2. The SMILES string of the molecule is COc1ccc(OC)c(NC(=O)CN2CCN(Cc3cccc(F)c3)CC2)c1. The third-order valence-corrected chi connectivity index (χ3v) is 4.81. The Morgan fingerprint density at radius 2 is 1.79 bits per heavy atom. The maximum absolute atomic E-state index is 13.3. The van der Waals surface area contributed by atoms with Crippen molar-refractivity contribution >= 4 is 11.6 Å². The van der Waals surface area contributed by atoms with Crippen LogP contribution in [0.1, 0.15) is 5.56 Å². The number of nitrogens with one attached hydrogen (secondary N) is 1. The second-order valence-corrected chi connectivity index (χ2v) is 6.80. The van der Waals surface area contributed by atoms with Crippen LogP contribution in [0.2, 0.25) is 0 Å². The first kappa shape index (κ1) is 20.1. The molecule has 0 aromatic heterocycles. The van der Waals surface area contributed by atoms with Crippen molar-refractivity contribution in [1.82, 2.24) is 9.80 Å². The van der Waals surface area contributed by atoms with Gasteiger partial charge in [0.1, 0.15) is 17.3 Å². The van der Waals surface area contributed by atoms with Gasteiger partial charge in [-0.3, -0.25) is 14.6 Å². The first-order valence-corrected chi connectivity index (χ1v) is 9.28. The van der Waals surface area contributed by atoms with E-state index in [4.69, 9.17) is 9.47 Å². The molecule has 1 heterocycles. The molecule has 0 unspecified atom stereocenters. The summed E-state index contributed by atoms with van der Waals surface area (Å²) in [5.41, 5.74) is 1.56.